The second-order valence-electron chi connectivity index (χ2n) is 4.52. The SMILES string of the molecule is c1ccc(Cc2cnc(C3CCNC3)o2)cc1. The standard InChI is InChI=1S/C14H16N2O/c1-2-4-11(5-3-1)8-13-10-16-14(17-13)12-6-7-15-9-12/h1-5,10,12,15H,6-9H2. The average Bonchev–Trinajstić information content (AvgIpc) is 3.00. The van der Waals surface area contributed by atoms with Crippen LogP contribution < -0.4 is 5.32 Å². The summed E-state index contributed by atoms with van der Waals surface area (Å²) in [6.45, 7) is 2.06. The van der Waals surface area contributed by atoms with Gasteiger partial charge < -0.3 is 9.73 Å². The molecule has 17 heavy (non-hydrogen) atoms. The van der Waals surface area contributed by atoms with Gasteiger partial charge in [-0.15, -0.1) is 0 Å². The third-order valence-electron chi connectivity index (χ3n) is 3.20. The van der Waals surface area contributed by atoms with Crippen molar-refractivity contribution in [3.8, 4) is 0 Å². The lowest BCUT2D eigenvalue weighted by molar-refractivity contribution is 0.432. The molecule has 0 bridgehead atoms. The number of rotatable bonds is 3. The molecule has 1 saturated heterocycles. The Morgan fingerprint density at radius 2 is 2.18 bits per heavy atom. The Balaban J connectivity index is 1.72. The van der Waals surface area contributed by atoms with Crippen LogP contribution in [0.2, 0.25) is 0 Å². The monoisotopic (exact) mass is 228 g/mol. The molecule has 1 atom stereocenters. The molecule has 0 radical (unpaired) electrons. The molecule has 1 unspecified atom stereocenters. The zero-order valence-electron chi connectivity index (χ0n) is 9.73. The van der Waals surface area contributed by atoms with Gasteiger partial charge in [-0.3, -0.25) is 0 Å². The Bertz CT molecular complexity index is 472. The van der Waals surface area contributed by atoms with Crippen molar-refractivity contribution in [3.63, 3.8) is 0 Å². The summed E-state index contributed by atoms with van der Waals surface area (Å²) in [4.78, 5) is 4.39. The molecular formula is C14H16N2O. The van der Waals surface area contributed by atoms with Crippen LogP contribution in [0.4, 0.5) is 0 Å². The third-order valence-corrected chi connectivity index (χ3v) is 3.20. The first-order valence-electron chi connectivity index (χ1n) is 6.11. The van der Waals surface area contributed by atoms with Gasteiger partial charge in [0, 0.05) is 18.9 Å². The van der Waals surface area contributed by atoms with Crippen molar-refractivity contribution in [2.45, 2.75) is 18.8 Å². The first-order chi connectivity index (χ1) is 8.42. The lowest BCUT2D eigenvalue weighted by atomic mass is 10.1. The summed E-state index contributed by atoms with van der Waals surface area (Å²) in [5, 5.41) is 3.33. The number of hydrogen-bond donors (Lipinski definition) is 1. The van der Waals surface area contributed by atoms with E-state index in [0.717, 1.165) is 37.6 Å². The van der Waals surface area contributed by atoms with Crippen molar-refractivity contribution in [1.82, 2.24) is 10.3 Å². The van der Waals surface area contributed by atoms with Crippen LogP contribution in [-0.4, -0.2) is 18.1 Å². The van der Waals surface area contributed by atoms with E-state index < -0.39 is 0 Å². The predicted octanol–water partition coefficient (Wildman–Crippen LogP) is 2.34. The molecule has 2 aromatic rings. The van der Waals surface area contributed by atoms with Crippen molar-refractivity contribution >= 4 is 0 Å². The summed E-state index contributed by atoms with van der Waals surface area (Å²) in [7, 11) is 0. The molecule has 1 N–H and O–H groups in total. The minimum Gasteiger partial charge on any atom is -0.445 e. The first-order valence-corrected chi connectivity index (χ1v) is 6.11. The molecule has 1 aromatic carbocycles. The van der Waals surface area contributed by atoms with Crippen molar-refractivity contribution in [3.05, 3.63) is 53.7 Å². The van der Waals surface area contributed by atoms with Gasteiger partial charge in [-0.05, 0) is 18.5 Å². The van der Waals surface area contributed by atoms with Gasteiger partial charge in [0.05, 0.1) is 6.20 Å². The lowest BCUT2D eigenvalue weighted by Crippen LogP contribution is -2.07. The van der Waals surface area contributed by atoms with Gasteiger partial charge in [-0.1, -0.05) is 30.3 Å². The minimum atomic E-state index is 0.458. The van der Waals surface area contributed by atoms with Crippen LogP contribution in [0.5, 0.6) is 0 Å². The maximum absolute atomic E-state index is 5.82. The van der Waals surface area contributed by atoms with Gasteiger partial charge in [0.1, 0.15) is 5.76 Å². The molecule has 1 aromatic heterocycles. The number of nitrogens with zero attached hydrogens (tertiary/aromatic N) is 1. The summed E-state index contributed by atoms with van der Waals surface area (Å²) in [5.74, 6) is 2.30. The zero-order chi connectivity index (χ0) is 11.5. The fourth-order valence-corrected chi connectivity index (χ4v) is 2.26. The highest BCUT2D eigenvalue weighted by molar-refractivity contribution is 5.19. The second-order valence-corrected chi connectivity index (χ2v) is 4.52. The molecule has 0 spiro atoms. The van der Waals surface area contributed by atoms with Gasteiger partial charge in [0.2, 0.25) is 0 Å². The van der Waals surface area contributed by atoms with E-state index in [0.29, 0.717) is 5.92 Å². The summed E-state index contributed by atoms with van der Waals surface area (Å²) < 4.78 is 5.82. The highest BCUT2D eigenvalue weighted by atomic mass is 16.4. The van der Waals surface area contributed by atoms with Crippen LogP contribution in [0.3, 0.4) is 0 Å². The molecule has 3 heteroatoms. The van der Waals surface area contributed by atoms with Crippen LogP contribution >= 0.6 is 0 Å². The summed E-state index contributed by atoms with van der Waals surface area (Å²) in [5.41, 5.74) is 1.26. The molecule has 0 aliphatic carbocycles. The number of oxazole rings is 1. The van der Waals surface area contributed by atoms with E-state index >= 15 is 0 Å². The van der Waals surface area contributed by atoms with Gasteiger partial charge in [-0.25, -0.2) is 4.98 Å². The highest BCUT2D eigenvalue weighted by Crippen LogP contribution is 2.22. The minimum absolute atomic E-state index is 0.458. The smallest absolute Gasteiger partial charge is 0.198 e. The van der Waals surface area contributed by atoms with E-state index in [4.69, 9.17) is 4.42 Å². The van der Waals surface area contributed by atoms with Gasteiger partial charge in [0.25, 0.3) is 0 Å². The predicted molar refractivity (Wildman–Crippen MR) is 66.0 cm³/mol. The normalized spacial score (nSPS) is 19.6. The Labute approximate surface area is 101 Å². The van der Waals surface area contributed by atoms with Crippen molar-refractivity contribution in [1.29, 1.82) is 0 Å². The molecular weight excluding hydrogens is 212 g/mol. The molecule has 1 aliphatic rings. The molecule has 2 heterocycles. The number of aromatic nitrogens is 1. The van der Waals surface area contributed by atoms with E-state index in [1.165, 1.54) is 5.56 Å². The van der Waals surface area contributed by atoms with Crippen molar-refractivity contribution in [2.75, 3.05) is 13.1 Å². The van der Waals surface area contributed by atoms with Gasteiger partial charge in [0.15, 0.2) is 5.89 Å². The van der Waals surface area contributed by atoms with Crippen LogP contribution in [0.25, 0.3) is 0 Å². The molecule has 1 aliphatic heterocycles. The molecule has 0 saturated carbocycles. The van der Waals surface area contributed by atoms with Crippen LogP contribution in [0, 0.1) is 0 Å². The Kier molecular flexibility index (Phi) is 2.92. The van der Waals surface area contributed by atoms with E-state index in [1.807, 2.05) is 24.4 Å². The fraction of sp³-hybridized carbons (Fsp3) is 0.357. The molecule has 3 nitrogen and oxygen atoms in total. The third kappa shape index (κ3) is 2.39. The van der Waals surface area contributed by atoms with E-state index in [1.54, 1.807) is 0 Å². The summed E-state index contributed by atoms with van der Waals surface area (Å²) in [6.07, 6.45) is 3.82. The Morgan fingerprint density at radius 1 is 1.29 bits per heavy atom. The maximum Gasteiger partial charge on any atom is 0.198 e. The van der Waals surface area contributed by atoms with E-state index in [9.17, 15) is 0 Å². The fourth-order valence-electron chi connectivity index (χ4n) is 2.26. The van der Waals surface area contributed by atoms with Crippen molar-refractivity contribution in [2.24, 2.45) is 0 Å². The quantitative estimate of drug-likeness (QED) is 0.876. The lowest BCUT2D eigenvalue weighted by Gasteiger charge is -2.01. The number of nitrogens with one attached hydrogen (secondary N) is 1. The number of benzene rings is 1. The molecule has 88 valence electrons. The maximum atomic E-state index is 5.82. The Hall–Kier alpha value is -1.61. The van der Waals surface area contributed by atoms with Crippen LogP contribution in [0.15, 0.2) is 40.9 Å². The van der Waals surface area contributed by atoms with Gasteiger partial charge in [-0.2, -0.15) is 0 Å². The van der Waals surface area contributed by atoms with E-state index in [2.05, 4.69) is 22.4 Å². The average molecular weight is 228 g/mol. The summed E-state index contributed by atoms with van der Waals surface area (Å²) in [6, 6.07) is 10.3. The Morgan fingerprint density at radius 3 is 2.94 bits per heavy atom. The molecule has 1 fully saturated rings. The van der Waals surface area contributed by atoms with Crippen LogP contribution in [0.1, 0.15) is 29.6 Å². The van der Waals surface area contributed by atoms with E-state index in [-0.39, 0.29) is 0 Å². The topological polar surface area (TPSA) is 38.1 Å². The largest absolute Gasteiger partial charge is 0.445 e. The second kappa shape index (κ2) is 4.72. The van der Waals surface area contributed by atoms with Crippen molar-refractivity contribution < 1.29 is 4.42 Å². The first kappa shape index (κ1) is 10.5. The highest BCUT2D eigenvalue weighted by Gasteiger charge is 2.21. The molecule has 3 rings (SSSR count). The summed E-state index contributed by atoms with van der Waals surface area (Å²) >= 11 is 0. The van der Waals surface area contributed by atoms with Crippen LogP contribution in [-0.2, 0) is 6.42 Å². The molecule has 0 amide bonds. The zero-order valence-corrected chi connectivity index (χ0v) is 9.73. The number of hydrogen-bond acceptors (Lipinski definition) is 3. The van der Waals surface area contributed by atoms with Gasteiger partial charge >= 0.3 is 0 Å².